The maximum atomic E-state index is 13.7. The number of benzene rings is 2. The number of esters is 1. The highest BCUT2D eigenvalue weighted by Gasteiger charge is 2.40. The lowest BCUT2D eigenvalue weighted by Gasteiger charge is -2.21. The smallest absolute Gasteiger partial charge is 0.341 e. The van der Waals surface area contributed by atoms with Gasteiger partial charge in [-0.2, -0.15) is 0 Å². The standard InChI is InChI=1S/C17H15ClFNO4S/c18-11-5-7-12(8-6-11)20-15-9-25(22,23)10-16(15)24-17(21)13-3-1-2-4-14(13)19/h1-8,15-16,20H,9-10H2/t15-,16+/m1/s1. The molecule has 0 aliphatic carbocycles. The molecule has 8 heteroatoms. The van der Waals surface area contributed by atoms with Gasteiger partial charge in [0.2, 0.25) is 0 Å². The van der Waals surface area contributed by atoms with E-state index in [2.05, 4.69) is 5.32 Å². The molecule has 2 aromatic carbocycles. The van der Waals surface area contributed by atoms with Crippen LogP contribution in [0.1, 0.15) is 10.4 Å². The summed E-state index contributed by atoms with van der Waals surface area (Å²) in [5.41, 5.74) is 0.426. The van der Waals surface area contributed by atoms with Crippen LogP contribution in [0.25, 0.3) is 0 Å². The van der Waals surface area contributed by atoms with E-state index in [9.17, 15) is 17.6 Å². The zero-order valence-electron chi connectivity index (χ0n) is 13.0. The van der Waals surface area contributed by atoms with Crippen LogP contribution < -0.4 is 5.32 Å². The Kier molecular flexibility index (Phi) is 4.96. The number of rotatable bonds is 4. The van der Waals surface area contributed by atoms with E-state index in [1.54, 1.807) is 24.3 Å². The quantitative estimate of drug-likeness (QED) is 0.822. The summed E-state index contributed by atoms with van der Waals surface area (Å²) in [4.78, 5) is 12.2. The summed E-state index contributed by atoms with van der Waals surface area (Å²) in [5.74, 6) is -2.08. The molecule has 0 bridgehead atoms. The lowest BCUT2D eigenvalue weighted by molar-refractivity contribution is 0.0331. The van der Waals surface area contributed by atoms with Crippen LogP contribution in [0.4, 0.5) is 10.1 Å². The molecule has 25 heavy (non-hydrogen) atoms. The van der Waals surface area contributed by atoms with E-state index in [0.717, 1.165) is 6.07 Å². The summed E-state index contributed by atoms with van der Waals surface area (Å²) in [6.45, 7) is 0. The highest BCUT2D eigenvalue weighted by Crippen LogP contribution is 2.23. The van der Waals surface area contributed by atoms with Gasteiger partial charge in [0.1, 0.15) is 11.9 Å². The van der Waals surface area contributed by atoms with Crippen LogP contribution in [0.5, 0.6) is 0 Å². The summed E-state index contributed by atoms with van der Waals surface area (Å²) >= 11 is 5.83. The van der Waals surface area contributed by atoms with Gasteiger partial charge in [-0.3, -0.25) is 0 Å². The molecule has 1 saturated heterocycles. The number of nitrogens with one attached hydrogen (secondary N) is 1. The summed E-state index contributed by atoms with van der Waals surface area (Å²) in [6.07, 6.45) is -0.909. The van der Waals surface area contributed by atoms with Gasteiger partial charge in [0.05, 0.1) is 23.1 Å². The normalized spacial score (nSPS) is 21.7. The third-order valence-corrected chi connectivity index (χ3v) is 5.80. The van der Waals surface area contributed by atoms with Crippen molar-refractivity contribution in [3.8, 4) is 0 Å². The van der Waals surface area contributed by atoms with Gasteiger partial charge in [-0.25, -0.2) is 17.6 Å². The van der Waals surface area contributed by atoms with Crippen molar-refractivity contribution < 1.29 is 22.3 Å². The maximum Gasteiger partial charge on any atom is 0.341 e. The zero-order valence-corrected chi connectivity index (χ0v) is 14.6. The van der Waals surface area contributed by atoms with Gasteiger partial charge in [0.15, 0.2) is 9.84 Å². The van der Waals surface area contributed by atoms with Gasteiger partial charge in [-0.15, -0.1) is 0 Å². The first-order chi connectivity index (χ1) is 11.8. The molecular formula is C17H15ClFNO4S. The maximum absolute atomic E-state index is 13.7. The fraction of sp³-hybridized carbons (Fsp3) is 0.235. The molecular weight excluding hydrogens is 369 g/mol. The summed E-state index contributed by atoms with van der Waals surface area (Å²) in [6, 6.07) is 11.5. The third-order valence-electron chi connectivity index (χ3n) is 3.85. The van der Waals surface area contributed by atoms with Crippen molar-refractivity contribution >= 4 is 33.1 Å². The minimum Gasteiger partial charge on any atom is -0.455 e. The van der Waals surface area contributed by atoms with E-state index < -0.39 is 33.8 Å². The molecule has 1 heterocycles. The Balaban J connectivity index is 1.77. The number of sulfone groups is 1. The monoisotopic (exact) mass is 383 g/mol. The lowest BCUT2D eigenvalue weighted by atomic mass is 10.2. The SMILES string of the molecule is O=C(O[C@H]1CS(=O)(=O)C[C@H]1Nc1ccc(Cl)cc1)c1ccccc1F. The number of carbonyl (C=O) groups excluding carboxylic acids is 1. The Hall–Kier alpha value is -2.12. The van der Waals surface area contributed by atoms with Crippen LogP contribution in [0.3, 0.4) is 0 Å². The van der Waals surface area contributed by atoms with Gasteiger partial charge in [0, 0.05) is 10.7 Å². The van der Waals surface area contributed by atoms with E-state index in [1.165, 1.54) is 18.2 Å². The first-order valence-electron chi connectivity index (χ1n) is 7.52. The molecule has 5 nitrogen and oxygen atoms in total. The number of hydrogen-bond donors (Lipinski definition) is 1. The minimum atomic E-state index is -3.37. The lowest BCUT2D eigenvalue weighted by Crippen LogP contribution is -2.36. The molecule has 0 saturated carbocycles. The molecule has 0 aromatic heterocycles. The van der Waals surface area contributed by atoms with E-state index in [0.29, 0.717) is 10.7 Å². The first kappa shape index (κ1) is 17.7. The Morgan fingerprint density at radius 2 is 1.80 bits per heavy atom. The largest absolute Gasteiger partial charge is 0.455 e. The van der Waals surface area contributed by atoms with Gasteiger partial charge in [0.25, 0.3) is 0 Å². The van der Waals surface area contributed by atoms with Crippen molar-refractivity contribution in [2.45, 2.75) is 12.1 Å². The minimum absolute atomic E-state index is 0.176. The molecule has 1 aliphatic rings. The van der Waals surface area contributed by atoms with E-state index in [-0.39, 0.29) is 17.1 Å². The number of ether oxygens (including phenoxy) is 1. The second-order valence-corrected chi connectivity index (χ2v) is 8.35. The van der Waals surface area contributed by atoms with E-state index >= 15 is 0 Å². The summed E-state index contributed by atoms with van der Waals surface area (Å²) < 4.78 is 42.9. The fourth-order valence-corrected chi connectivity index (χ4v) is 4.56. The highest BCUT2D eigenvalue weighted by atomic mass is 35.5. The topological polar surface area (TPSA) is 72.5 Å². The van der Waals surface area contributed by atoms with E-state index in [1.807, 2.05) is 0 Å². The Bertz CT molecular complexity index is 886. The highest BCUT2D eigenvalue weighted by molar-refractivity contribution is 7.91. The van der Waals surface area contributed by atoms with Crippen LogP contribution in [0.15, 0.2) is 48.5 Å². The van der Waals surface area contributed by atoms with Crippen molar-refractivity contribution in [1.29, 1.82) is 0 Å². The second-order valence-electron chi connectivity index (χ2n) is 5.76. The molecule has 2 atom stereocenters. The number of hydrogen-bond acceptors (Lipinski definition) is 5. The molecule has 0 unspecified atom stereocenters. The second kappa shape index (κ2) is 7.01. The van der Waals surface area contributed by atoms with Crippen LogP contribution >= 0.6 is 11.6 Å². The summed E-state index contributed by atoms with van der Waals surface area (Å²) in [5, 5.41) is 3.58. The zero-order chi connectivity index (χ0) is 18.0. The van der Waals surface area contributed by atoms with Crippen molar-refractivity contribution in [3.63, 3.8) is 0 Å². The molecule has 0 spiro atoms. The van der Waals surface area contributed by atoms with Gasteiger partial charge < -0.3 is 10.1 Å². The van der Waals surface area contributed by atoms with Gasteiger partial charge >= 0.3 is 5.97 Å². The van der Waals surface area contributed by atoms with Crippen molar-refractivity contribution in [2.24, 2.45) is 0 Å². The molecule has 3 rings (SSSR count). The van der Waals surface area contributed by atoms with Crippen LogP contribution in [0.2, 0.25) is 5.02 Å². The summed E-state index contributed by atoms with van der Waals surface area (Å²) in [7, 11) is -3.37. The predicted molar refractivity (Wildman–Crippen MR) is 93.1 cm³/mol. The van der Waals surface area contributed by atoms with Crippen molar-refractivity contribution in [1.82, 2.24) is 0 Å². The first-order valence-corrected chi connectivity index (χ1v) is 9.72. The fourth-order valence-electron chi connectivity index (χ4n) is 2.65. The van der Waals surface area contributed by atoms with Crippen molar-refractivity contribution in [2.75, 3.05) is 16.8 Å². The average Bonchev–Trinajstić information content (AvgIpc) is 2.83. The van der Waals surface area contributed by atoms with E-state index in [4.69, 9.17) is 16.3 Å². The molecule has 1 fully saturated rings. The van der Waals surface area contributed by atoms with Crippen LogP contribution in [0, 0.1) is 5.82 Å². The molecule has 2 aromatic rings. The molecule has 132 valence electrons. The number of carbonyl (C=O) groups is 1. The molecule has 0 amide bonds. The average molecular weight is 384 g/mol. The third kappa shape index (κ3) is 4.29. The number of halogens is 2. The molecule has 1 N–H and O–H groups in total. The predicted octanol–water partition coefficient (Wildman–Crippen LogP) is 2.91. The number of anilines is 1. The molecule has 1 aliphatic heterocycles. The Morgan fingerprint density at radius 3 is 2.48 bits per heavy atom. The van der Waals surface area contributed by atoms with Crippen LogP contribution in [-0.2, 0) is 14.6 Å². The van der Waals surface area contributed by atoms with Gasteiger partial charge in [-0.05, 0) is 36.4 Å². The Morgan fingerprint density at radius 1 is 1.12 bits per heavy atom. The van der Waals surface area contributed by atoms with Crippen molar-refractivity contribution in [3.05, 3.63) is 64.9 Å². The Labute approximate surface area is 149 Å². The van der Waals surface area contributed by atoms with Crippen LogP contribution in [-0.4, -0.2) is 38.0 Å². The molecule has 0 radical (unpaired) electrons. The van der Waals surface area contributed by atoms with Gasteiger partial charge in [-0.1, -0.05) is 23.7 Å².